The largest absolute Gasteiger partial charge is 0.324 e. The third kappa shape index (κ3) is 2.61. The molecule has 0 spiro atoms. The molecule has 4 rings (SSSR count). The van der Waals surface area contributed by atoms with Crippen LogP contribution in [0.5, 0.6) is 0 Å². The summed E-state index contributed by atoms with van der Waals surface area (Å²) in [6, 6.07) is 15.7. The standard InChI is InChI=1S/C20H15N3O3/c1-12-9-10-15-16(21-12)7-4-8-17(15)22-18(24)11-23-19(25)13-5-2-3-6-14(13)20(23)26/h2-10H,11H2,1H3,(H,22,24). The number of hydrogen-bond donors (Lipinski definition) is 1. The molecule has 2 aromatic carbocycles. The van der Waals surface area contributed by atoms with Crippen molar-refractivity contribution in [2.75, 3.05) is 11.9 Å². The molecule has 0 unspecified atom stereocenters. The quantitative estimate of drug-likeness (QED) is 0.740. The predicted molar refractivity (Wildman–Crippen MR) is 96.9 cm³/mol. The molecule has 1 aliphatic heterocycles. The van der Waals surface area contributed by atoms with Crippen molar-refractivity contribution in [3.8, 4) is 0 Å². The first-order valence-electron chi connectivity index (χ1n) is 8.16. The van der Waals surface area contributed by atoms with Crippen LogP contribution in [0.2, 0.25) is 0 Å². The number of rotatable bonds is 3. The summed E-state index contributed by atoms with van der Waals surface area (Å²) in [5.74, 6) is -1.33. The highest BCUT2D eigenvalue weighted by Crippen LogP contribution is 2.24. The van der Waals surface area contributed by atoms with Gasteiger partial charge in [-0.1, -0.05) is 18.2 Å². The summed E-state index contributed by atoms with van der Waals surface area (Å²) in [6.07, 6.45) is 0. The molecule has 0 atom stereocenters. The molecule has 128 valence electrons. The van der Waals surface area contributed by atoms with E-state index in [0.29, 0.717) is 16.8 Å². The van der Waals surface area contributed by atoms with Crippen LogP contribution >= 0.6 is 0 Å². The van der Waals surface area contributed by atoms with Gasteiger partial charge in [-0.15, -0.1) is 0 Å². The Morgan fingerprint density at radius 1 is 0.962 bits per heavy atom. The lowest BCUT2D eigenvalue weighted by atomic mass is 10.1. The van der Waals surface area contributed by atoms with Crippen LogP contribution in [0.3, 0.4) is 0 Å². The maximum absolute atomic E-state index is 12.4. The number of nitrogens with zero attached hydrogens (tertiary/aromatic N) is 2. The van der Waals surface area contributed by atoms with Gasteiger partial charge in [0.2, 0.25) is 5.91 Å². The average Bonchev–Trinajstić information content (AvgIpc) is 2.87. The lowest BCUT2D eigenvalue weighted by Gasteiger charge is -2.14. The average molecular weight is 345 g/mol. The molecular weight excluding hydrogens is 330 g/mol. The molecule has 1 aromatic heterocycles. The summed E-state index contributed by atoms with van der Waals surface area (Å²) in [5, 5.41) is 3.57. The van der Waals surface area contributed by atoms with Crippen LogP contribution in [0.1, 0.15) is 26.4 Å². The third-order valence-corrected chi connectivity index (χ3v) is 4.33. The lowest BCUT2D eigenvalue weighted by molar-refractivity contribution is -0.116. The van der Waals surface area contributed by atoms with Gasteiger partial charge in [0, 0.05) is 11.1 Å². The Bertz CT molecular complexity index is 1040. The van der Waals surface area contributed by atoms with E-state index in [4.69, 9.17) is 0 Å². The van der Waals surface area contributed by atoms with E-state index in [0.717, 1.165) is 21.5 Å². The molecule has 1 aliphatic rings. The summed E-state index contributed by atoms with van der Waals surface area (Å²) in [4.78, 5) is 42.6. The monoisotopic (exact) mass is 345 g/mol. The summed E-state index contributed by atoms with van der Waals surface area (Å²) in [5.41, 5.74) is 2.90. The first kappa shape index (κ1) is 16.0. The first-order chi connectivity index (χ1) is 12.5. The number of amides is 3. The van der Waals surface area contributed by atoms with Crippen molar-refractivity contribution in [3.05, 3.63) is 71.4 Å². The molecule has 0 aliphatic carbocycles. The third-order valence-electron chi connectivity index (χ3n) is 4.33. The minimum Gasteiger partial charge on any atom is -0.324 e. The van der Waals surface area contributed by atoms with Gasteiger partial charge in [0.05, 0.1) is 22.3 Å². The molecule has 6 heteroatoms. The van der Waals surface area contributed by atoms with Crippen molar-refractivity contribution in [3.63, 3.8) is 0 Å². The number of benzene rings is 2. The smallest absolute Gasteiger partial charge is 0.262 e. The highest BCUT2D eigenvalue weighted by molar-refractivity contribution is 6.22. The fourth-order valence-corrected chi connectivity index (χ4v) is 3.08. The minimum absolute atomic E-state index is 0.329. The van der Waals surface area contributed by atoms with Crippen molar-refractivity contribution >= 4 is 34.3 Å². The maximum atomic E-state index is 12.4. The number of imide groups is 1. The van der Waals surface area contributed by atoms with E-state index in [1.165, 1.54) is 0 Å². The van der Waals surface area contributed by atoms with Crippen molar-refractivity contribution < 1.29 is 14.4 Å². The lowest BCUT2D eigenvalue weighted by Crippen LogP contribution is -2.37. The molecule has 1 N–H and O–H groups in total. The second kappa shape index (κ2) is 6.07. The van der Waals surface area contributed by atoms with Gasteiger partial charge in [0.25, 0.3) is 11.8 Å². The Hall–Kier alpha value is -3.54. The molecule has 3 amide bonds. The number of carbonyl (C=O) groups is 3. The zero-order chi connectivity index (χ0) is 18.3. The number of pyridine rings is 1. The SMILES string of the molecule is Cc1ccc2c(NC(=O)CN3C(=O)c4ccccc4C3=O)cccc2n1. The number of aromatic nitrogens is 1. The number of nitrogens with one attached hydrogen (secondary N) is 1. The van der Waals surface area contributed by atoms with Crippen LogP contribution < -0.4 is 5.32 Å². The van der Waals surface area contributed by atoms with E-state index in [2.05, 4.69) is 10.3 Å². The van der Waals surface area contributed by atoms with Crippen LogP contribution in [-0.4, -0.2) is 34.2 Å². The predicted octanol–water partition coefficient (Wildman–Crippen LogP) is 2.78. The summed E-state index contributed by atoms with van der Waals surface area (Å²) in [6.45, 7) is 1.56. The highest BCUT2D eigenvalue weighted by Gasteiger charge is 2.36. The topological polar surface area (TPSA) is 79.4 Å². The fraction of sp³-hybridized carbons (Fsp3) is 0.100. The van der Waals surface area contributed by atoms with Crippen LogP contribution in [0, 0.1) is 6.92 Å². The van der Waals surface area contributed by atoms with Gasteiger partial charge in [-0.05, 0) is 43.3 Å². The highest BCUT2D eigenvalue weighted by atomic mass is 16.2. The zero-order valence-corrected chi connectivity index (χ0v) is 14.0. The number of aryl methyl sites for hydroxylation is 1. The van der Waals surface area contributed by atoms with Gasteiger partial charge < -0.3 is 5.32 Å². The Kier molecular flexibility index (Phi) is 3.73. The van der Waals surface area contributed by atoms with E-state index < -0.39 is 17.7 Å². The number of anilines is 1. The molecule has 0 fully saturated rings. The van der Waals surface area contributed by atoms with Crippen molar-refractivity contribution in [1.29, 1.82) is 0 Å². The normalized spacial score (nSPS) is 13.2. The molecule has 26 heavy (non-hydrogen) atoms. The van der Waals surface area contributed by atoms with Crippen LogP contribution in [0.15, 0.2) is 54.6 Å². The van der Waals surface area contributed by atoms with E-state index in [9.17, 15) is 14.4 Å². The number of hydrogen-bond acceptors (Lipinski definition) is 4. The summed E-state index contributed by atoms with van der Waals surface area (Å²) in [7, 11) is 0. The second-order valence-corrected chi connectivity index (χ2v) is 6.12. The molecule has 6 nitrogen and oxygen atoms in total. The van der Waals surface area contributed by atoms with Gasteiger partial charge in [-0.3, -0.25) is 24.3 Å². The first-order valence-corrected chi connectivity index (χ1v) is 8.16. The van der Waals surface area contributed by atoms with Crippen molar-refractivity contribution in [1.82, 2.24) is 9.88 Å². The summed E-state index contributed by atoms with van der Waals surface area (Å²) >= 11 is 0. The van der Waals surface area contributed by atoms with Crippen molar-refractivity contribution in [2.24, 2.45) is 0 Å². The number of carbonyl (C=O) groups excluding carboxylic acids is 3. The van der Waals surface area contributed by atoms with Gasteiger partial charge in [0.1, 0.15) is 6.54 Å². The summed E-state index contributed by atoms with van der Waals surface area (Å²) < 4.78 is 0. The van der Waals surface area contributed by atoms with E-state index in [-0.39, 0.29) is 6.54 Å². The van der Waals surface area contributed by atoms with Crippen LogP contribution in [0.4, 0.5) is 5.69 Å². The Labute approximate surface area is 149 Å². The maximum Gasteiger partial charge on any atom is 0.262 e. The van der Waals surface area contributed by atoms with Crippen LogP contribution in [0.25, 0.3) is 10.9 Å². The molecule has 3 aromatic rings. The molecule has 2 heterocycles. The fourth-order valence-electron chi connectivity index (χ4n) is 3.08. The van der Waals surface area contributed by atoms with Gasteiger partial charge >= 0.3 is 0 Å². The number of fused-ring (bicyclic) bond motifs is 2. The van der Waals surface area contributed by atoms with E-state index in [1.54, 1.807) is 36.4 Å². The van der Waals surface area contributed by atoms with Crippen molar-refractivity contribution in [2.45, 2.75) is 6.92 Å². The molecule has 0 saturated carbocycles. The molecule has 0 radical (unpaired) electrons. The van der Waals surface area contributed by atoms with Gasteiger partial charge in [-0.2, -0.15) is 0 Å². The molecule has 0 saturated heterocycles. The molecule has 0 bridgehead atoms. The van der Waals surface area contributed by atoms with Crippen LogP contribution in [-0.2, 0) is 4.79 Å². The van der Waals surface area contributed by atoms with Gasteiger partial charge in [-0.25, -0.2) is 0 Å². The van der Waals surface area contributed by atoms with E-state index >= 15 is 0 Å². The zero-order valence-electron chi connectivity index (χ0n) is 14.0. The Morgan fingerprint density at radius 3 is 2.35 bits per heavy atom. The van der Waals surface area contributed by atoms with Gasteiger partial charge in [0.15, 0.2) is 0 Å². The minimum atomic E-state index is -0.448. The Balaban J connectivity index is 1.56. The molecular formula is C20H15N3O3. The van der Waals surface area contributed by atoms with E-state index in [1.807, 2.05) is 25.1 Å². The second-order valence-electron chi connectivity index (χ2n) is 6.12. The Morgan fingerprint density at radius 2 is 1.65 bits per heavy atom.